The standard InChI is InChI=1S/C30H34Cl3NO2/c1-3-5-13-34(14-6-4-2)19-28(35)25-15-23(33)17-27-29(25)24-12-11-22(32)16-26(24)30(27,36)18-20-7-9-21(31)10-8-20/h7-12,15-17,28,35-36H,3-6,13-14,18-19H2,1-2H3. The van der Waals surface area contributed by atoms with Gasteiger partial charge in [0, 0.05) is 28.0 Å². The van der Waals surface area contributed by atoms with Gasteiger partial charge in [-0.2, -0.15) is 0 Å². The Morgan fingerprint density at radius 3 is 2.06 bits per heavy atom. The third-order valence-corrected chi connectivity index (χ3v) is 7.80. The second-order valence-electron chi connectivity index (χ2n) is 9.79. The largest absolute Gasteiger partial charge is 0.387 e. The zero-order valence-electron chi connectivity index (χ0n) is 20.9. The predicted molar refractivity (Wildman–Crippen MR) is 151 cm³/mol. The van der Waals surface area contributed by atoms with E-state index >= 15 is 0 Å². The lowest BCUT2D eigenvalue weighted by Gasteiger charge is -2.28. The Hall–Kier alpha value is -1.59. The van der Waals surface area contributed by atoms with Crippen molar-refractivity contribution in [1.82, 2.24) is 4.90 Å². The fraction of sp³-hybridized carbons (Fsp3) is 0.400. The number of halogens is 3. The van der Waals surface area contributed by atoms with Crippen molar-refractivity contribution in [2.75, 3.05) is 19.6 Å². The number of hydrogen-bond donors (Lipinski definition) is 2. The Bertz CT molecular complexity index is 1190. The Morgan fingerprint density at radius 1 is 0.806 bits per heavy atom. The Labute approximate surface area is 229 Å². The molecule has 2 atom stereocenters. The first kappa shape index (κ1) is 27.4. The molecule has 4 rings (SSSR count). The van der Waals surface area contributed by atoms with Crippen LogP contribution in [0.25, 0.3) is 11.1 Å². The first-order chi connectivity index (χ1) is 17.3. The minimum atomic E-state index is -1.34. The lowest BCUT2D eigenvalue weighted by Crippen LogP contribution is -2.31. The van der Waals surface area contributed by atoms with Crippen LogP contribution in [0.2, 0.25) is 15.1 Å². The molecule has 2 N–H and O–H groups in total. The number of nitrogens with zero attached hydrogens (tertiary/aromatic N) is 1. The second kappa shape index (κ2) is 11.9. The second-order valence-corrected chi connectivity index (χ2v) is 11.1. The lowest BCUT2D eigenvalue weighted by molar-refractivity contribution is 0.0855. The molecule has 192 valence electrons. The van der Waals surface area contributed by atoms with E-state index in [4.69, 9.17) is 34.8 Å². The molecule has 3 aromatic carbocycles. The molecule has 1 aliphatic carbocycles. The molecule has 6 heteroatoms. The van der Waals surface area contributed by atoms with E-state index in [9.17, 15) is 10.2 Å². The molecule has 0 spiro atoms. The monoisotopic (exact) mass is 545 g/mol. The van der Waals surface area contributed by atoms with Gasteiger partial charge in [0.1, 0.15) is 5.60 Å². The van der Waals surface area contributed by atoms with Crippen LogP contribution in [-0.2, 0) is 12.0 Å². The maximum Gasteiger partial charge on any atom is 0.120 e. The van der Waals surface area contributed by atoms with Crippen LogP contribution >= 0.6 is 34.8 Å². The number of aliphatic hydroxyl groups excluding tert-OH is 1. The fourth-order valence-electron chi connectivity index (χ4n) is 5.23. The van der Waals surface area contributed by atoms with E-state index in [1.165, 1.54) is 0 Å². The number of hydrogen-bond acceptors (Lipinski definition) is 3. The molecule has 3 aromatic rings. The highest BCUT2D eigenvalue weighted by Crippen LogP contribution is 2.53. The van der Waals surface area contributed by atoms with Gasteiger partial charge in [0.05, 0.1) is 6.10 Å². The number of aliphatic hydroxyl groups is 2. The first-order valence-electron chi connectivity index (χ1n) is 12.8. The lowest BCUT2D eigenvalue weighted by atomic mass is 9.84. The van der Waals surface area contributed by atoms with Gasteiger partial charge < -0.3 is 15.1 Å². The molecule has 0 aromatic heterocycles. The number of rotatable bonds is 11. The van der Waals surface area contributed by atoms with Crippen LogP contribution in [0.5, 0.6) is 0 Å². The molecule has 0 saturated carbocycles. The van der Waals surface area contributed by atoms with Gasteiger partial charge in [0.2, 0.25) is 0 Å². The van der Waals surface area contributed by atoms with E-state index in [2.05, 4.69) is 18.7 Å². The third kappa shape index (κ3) is 5.78. The topological polar surface area (TPSA) is 43.7 Å². The van der Waals surface area contributed by atoms with Crippen LogP contribution in [0.15, 0.2) is 54.6 Å². The highest BCUT2D eigenvalue weighted by molar-refractivity contribution is 6.31. The summed E-state index contributed by atoms with van der Waals surface area (Å²) in [4.78, 5) is 2.34. The summed E-state index contributed by atoms with van der Waals surface area (Å²) in [5.41, 5.74) is 3.49. The highest BCUT2D eigenvalue weighted by atomic mass is 35.5. The molecular formula is C30H34Cl3NO2. The van der Waals surface area contributed by atoms with Crippen LogP contribution in [0.4, 0.5) is 0 Å². The summed E-state index contributed by atoms with van der Waals surface area (Å²) in [5.74, 6) is 0. The molecule has 0 fully saturated rings. The fourth-order valence-corrected chi connectivity index (χ4v) is 5.75. The van der Waals surface area contributed by atoms with Crippen LogP contribution in [-0.4, -0.2) is 34.7 Å². The summed E-state index contributed by atoms with van der Waals surface area (Å²) < 4.78 is 0. The highest BCUT2D eigenvalue weighted by Gasteiger charge is 2.44. The number of benzene rings is 3. The molecule has 2 unspecified atom stereocenters. The zero-order valence-corrected chi connectivity index (χ0v) is 23.2. The van der Waals surface area contributed by atoms with Crippen molar-refractivity contribution < 1.29 is 10.2 Å². The summed E-state index contributed by atoms with van der Waals surface area (Å²) in [5, 5.41) is 25.5. The van der Waals surface area contributed by atoms with Crippen molar-refractivity contribution in [1.29, 1.82) is 0 Å². The summed E-state index contributed by atoms with van der Waals surface area (Å²) in [6, 6.07) is 16.7. The van der Waals surface area contributed by atoms with Crippen molar-refractivity contribution in [2.24, 2.45) is 0 Å². The Morgan fingerprint density at radius 2 is 1.42 bits per heavy atom. The molecule has 1 aliphatic rings. The summed E-state index contributed by atoms with van der Waals surface area (Å²) >= 11 is 19.1. The quantitative estimate of drug-likeness (QED) is 0.256. The van der Waals surface area contributed by atoms with Crippen molar-refractivity contribution in [2.45, 2.75) is 57.7 Å². The Balaban J connectivity index is 1.78. The van der Waals surface area contributed by atoms with Crippen LogP contribution in [0.3, 0.4) is 0 Å². The third-order valence-electron chi connectivity index (χ3n) is 7.09. The smallest absolute Gasteiger partial charge is 0.120 e. The van der Waals surface area contributed by atoms with E-state index in [-0.39, 0.29) is 0 Å². The van der Waals surface area contributed by atoms with E-state index < -0.39 is 11.7 Å². The average molecular weight is 547 g/mol. The number of unbranched alkanes of at least 4 members (excludes halogenated alkanes) is 2. The van der Waals surface area contributed by atoms with Gasteiger partial charge in [-0.3, -0.25) is 0 Å². The average Bonchev–Trinajstić information content (AvgIpc) is 3.09. The normalized spacial score (nSPS) is 17.3. The summed E-state index contributed by atoms with van der Waals surface area (Å²) in [7, 11) is 0. The van der Waals surface area contributed by atoms with Crippen molar-refractivity contribution >= 4 is 34.8 Å². The predicted octanol–water partition coefficient (Wildman–Crippen LogP) is 8.04. The minimum Gasteiger partial charge on any atom is -0.387 e. The van der Waals surface area contributed by atoms with Gasteiger partial charge in [0.25, 0.3) is 0 Å². The first-order valence-corrected chi connectivity index (χ1v) is 13.9. The van der Waals surface area contributed by atoms with E-state index in [1.54, 1.807) is 0 Å². The van der Waals surface area contributed by atoms with Crippen molar-refractivity contribution in [3.63, 3.8) is 0 Å². The molecule has 0 aliphatic heterocycles. The summed E-state index contributed by atoms with van der Waals surface area (Å²) in [6.07, 6.45) is 3.99. The summed E-state index contributed by atoms with van der Waals surface area (Å²) in [6.45, 7) is 6.78. The maximum atomic E-state index is 12.2. The van der Waals surface area contributed by atoms with E-state index in [0.29, 0.717) is 33.6 Å². The number of fused-ring (bicyclic) bond motifs is 3. The van der Waals surface area contributed by atoms with Crippen LogP contribution in [0.1, 0.15) is 67.9 Å². The maximum absolute atomic E-state index is 12.2. The van der Waals surface area contributed by atoms with Crippen molar-refractivity contribution in [3.05, 3.63) is 91.9 Å². The molecule has 0 bridgehead atoms. The van der Waals surface area contributed by atoms with E-state index in [0.717, 1.165) is 66.6 Å². The molecule has 0 amide bonds. The SMILES string of the molecule is CCCCN(CCCC)CC(O)c1cc(Cl)cc2c1-c1ccc(Cl)cc1C2(O)Cc1ccc(Cl)cc1. The van der Waals surface area contributed by atoms with E-state index in [1.807, 2.05) is 54.6 Å². The minimum absolute atomic E-state index is 0.333. The molecule has 3 nitrogen and oxygen atoms in total. The molecule has 0 heterocycles. The molecule has 0 radical (unpaired) electrons. The molecule has 36 heavy (non-hydrogen) atoms. The van der Waals surface area contributed by atoms with Gasteiger partial charge in [-0.1, -0.05) is 79.7 Å². The van der Waals surface area contributed by atoms with Gasteiger partial charge in [-0.05, 0) is 95.7 Å². The molecule has 0 saturated heterocycles. The van der Waals surface area contributed by atoms with Crippen LogP contribution in [0, 0.1) is 0 Å². The van der Waals surface area contributed by atoms with Gasteiger partial charge in [-0.15, -0.1) is 0 Å². The zero-order chi connectivity index (χ0) is 25.9. The van der Waals surface area contributed by atoms with Crippen LogP contribution < -0.4 is 0 Å². The van der Waals surface area contributed by atoms with Crippen molar-refractivity contribution in [3.8, 4) is 11.1 Å². The van der Waals surface area contributed by atoms with Gasteiger partial charge >= 0.3 is 0 Å². The molecular weight excluding hydrogens is 513 g/mol. The van der Waals surface area contributed by atoms with Gasteiger partial charge in [0.15, 0.2) is 0 Å². The van der Waals surface area contributed by atoms with Gasteiger partial charge in [-0.25, -0.2) is 0 Å². The Kier molecular flexibility index (Phi) is 9.04.